The molecule has 1 aromatic rings. The summed E-state index contributed by atoms with van der Waals surface area (Å²) in [7, 11) is 4.14. The molecule has 0 saturated heterocycles. The molecule has 3 nitrogen and oxygen atoms in total. The zero-order valence-corrected chi connectivity index (χ0v) is 11.3. The Bertz CT molecular complexity index is 407. The van der Waals surface area contributed by atoms with E-state index in [1.165, 1.54) is 11.1 Å². The maximum Gasteiger partial charge on any atom is 0.231 e. The Hall–Kier alpha value is -0.930. The molecule has 0 saturated carbocycles. The molecule has 2 rings (SSSR count). The minimum Gasteiger partial charge on any atom is -0.454 e. The molecule has 1 aliphatic rings. The number of ether oxygens (including phenoxy) is 2. The van der Waals surface area contributed by atoms with E-state index in [9.17, 15) is 0 Å². The van der Waals surface area contributed by atoms with Gasteiger partial charge in [-0.2, -0.15) is 0 Å². The molecular weight excluding hydrogens is 238 g/mol. The zero-order chi connectivity index (χ0) is 12.4. The first-order valence-electron chi connectivity index (χ1n) is 5.76. The van der Waals surface area contributed by atoms with Crippen LogP contribution in [0, 0.1) is 6.92 Å². The first-order chi connectivity index (χ1) is 8.13. The Morgan fingerprint density at radius 3 is 2.53 bits per heavy atom. The predicted molar refractivity (Wildman–Crippen MR) is 69.1 cm³/mol. The molecule has 0 aliphatic carbocycles. The van der Waals surface area contributed by atoms with Gasteiger partial charge in [0.1, 0.15) is 0 Å². The van der Waals surface area contributed by atoms with Gasteiger partial charge in [0.05, 0.1) is 0 Å². The Morgan fingerprint density at radius 1 is 1.29 bits per heavy atom. The molecule has 0 amide bonds. The van der Waals surface area contributed by atoms with E-state index in [-0.39, 0.29) is 0 Å². The van der Waals surface area contributed by atoms with Gasteiger partial charge in [0.25, 0.3) is 0 Å². The van der Waals surface area contributed by atoms with E-state index in [4.69, 9.17) is 21.1 Å². The van der Waals surface area contributed by atoms with E-state index in [2.05, 4.69) is 32.0 Å². The van der Waals surface area contributed by atoms with Gasteiger partial charge in [-0.1, -0.05) is 0 Å². The summed E-state index contributed by atoms with van der Waals surface area (Å²) in [6.45, 7) is 2.42. The number of halogens is 1. The highest BCUT2D eigenvalue weighted by molar-refractivity contribution is 6.17. The lowest BCUT2D eigenvalue weighted by atomic mass is 9.97. The first-order valence-corrected chi connectivity index (χ1v) is 6.29. The summed E-state index contributed by atoms with van der Waals surface area (Å²) in [6.07, 6.45) is 0.926. The molecule has 1 unspecified atom stereocenters. The van der Waals surface area contributed by atoms with Gasteiger partial charge in [0.15, 0.2) is 11.5 Å². The molecule has 0 fully saturated rings. The normalized spacial score (nSPS) is 15.4. The molecule has 0 aromatic heterocycles. The summed E-state index contributed by atoms with van der Waals surface area (Å²) in [5.74, 6) is 2.33. The van der Waals surface area contributed by atoms with Crippen LogP contribution >= 0.6 is 11.6 Å². The van der Waals surface area contributed by atoms with Gasteiger partial charge in [-0.3, -0.25) is 0 Å². The Kier molecular flexibility index (Phi) is 3.79. The van der Waals surface area contributed by atoms with Crippen molar-refractivity contribution in [3.8, 4) is 11.5 Å². The van der Waals surface area contributed by atoms with Crippen LogP contribution in [0.2, 0.25) is 0 Å². The summed E-state index contributed by atoms with van der Waals surface area (Å²) in [5.41, 5.74) is 2.48. The van der Waals surface area contributed by atoms with Crippen LogP contribution in [0.3, 0.4) is 0 Å². The average molecular weight is 256 g/mol. The highest BCUT2D eigenvalue weighted by Crippen LogP contribution is 2.38. The molecule has 1 heterocycles. The third-order valence-corrected chi connectivity index (χ3v) is 3.34. The lowest BCUT2D eigenvalue weighted by Crippen LogP contribution is -2.21. The van der Waals surface area contributed by atoms with Crippen molar-refractivity contribution in [1.29, 1.82) is 0 Å². The van der Waals surface area contributed by atoms with Gasteiger partial charge in [-0.25, -0.2) is 0 Å². The highest BCUT2D eigenvalue weighted by Gasteiger charge is 2.21. The molecule has 17 heavy (non-hydrogen) atoms. The molecule has 4 heteroatoms. The number of hydrogen-bond donors (Lipinski definition) is 0. The van der Waals surface area contributed by atoms with Crippen LogP contribution in [0.4, 0.5) is 0 Å². The molecule has 0 bridgehead atoms. The lowest BCUT2D eigenvalue weighted by Gasteiger charge is -2.25. The molecule has 0 spiro atoms. The van der Waals surface area contributed by atoms with Crippen LogP contribution in [0.5, 0.6) is 11.5 Å². The monoisotopic (exact) mass is 255 g/mol. The number of hydrogen-bond acceptors (Lipinski definition) is 3. The Morgan fingerprint density at radius 2 is 1.94 bits per heavy atom. The fourth-order valence-corrected chi connectivity index (χ4v) is 2.42. The fourth-order valence-electron chi connectivity index (χ4n) is 2.21. The number of aryl methyl sites for hydroxylation is 1. The maximum absolute atomic E-state index is 5.88. The second kappa shape index (κ2) is 5.15. The first kappa shape index (κ1) is 12.5. The summed E-state index contributed by atoms with van der Waals surface area (Å²) in [6, 6.07) is 4.44. The van der Waals surface area contributed by atoms with E-state index in [1.807, 2.05) is 6.07 Å². The van der Waals surface area contributed by atoms with Crippen LogP contribution in [0.1, 0.15) is 23.6 Å². The van der Waals surface area contributed by atoms with Crippen LogP contribution in [0.15, 0.2) is 12.1 Å². The second-order valence-corrected chi connectivity index (χ2v) is 4.90. The average Bonchev–Trinajstić information content (AvgIpc) is 2.71. The smallest absolute Gasteiger partial charge is 0.231 e. The van der Waals surface area contributed by atoms with Crippen LogP contribution in [0.25, 0.3) is 0 Å². The van der Waals surface area contributed by atoms with Crippen molar-refractivity contribution in [1.82, 2.24) is 4.90 Å². The molecule has 0 radical (unpaired) electrons. The lowest BCUT2D eigenvalue weighted by molar-refractivity contribution is 0.174. The summed E-state index contributed by atoms with van der Waals surface area (Å²) >= 11 is 5.88. The van der Waals surface area contributed by atoms with Crippen molar-refractivity contribution in [2.75, 3.05) is 26.8 Å². The minimum atomic E-state index is 0.320. The molecule has 94 valence electrons. The summed E-state index contributed by atoms with van der Waals surface area (Å²) in [4.78, 5) is 2.19. The molecule has 1 aromatic carbocycles. The molecule has 1 aliphatic heterocycles. The largest absolute Gasteiger partial charge is 0.454 e. The van der Waals surface area contributed by atoms with E-state index in [0.717, 1.165) is 17.9 Å². The van der Waals surface area contributed by atoms with E-state index < -0.39 is 0 Å². The highest BCUT2D eigenvalue weighted by atomic mass is 35.5. The van der Waals surface area contributed by atoms with Crippen molar-refractivity contribution in [2.24, 2.45) is 0 Å². The van der Waals surface area contributed by atoms with Gasteiger partial charge < -0.3 is 14.4 Å². The molecule has 1 atom stereocenters. The van der Waals surface area contributed by atoms with Gasteiger partial charge in [-0.05, 0) is 50.7 Å². The van der Waals surface area contributed by atoms with Crippen molar-refractivity contribution in [3.63, 3.8) is 0 Å². The van der Waals surface area contributed by atoms with Gasteiger partial charge >= 0.3 is 0 Å². The number of fused-ring (bicyclic) bond motifs is 1. The third-order valence-electron chi connectivity index (χ3n) is 3.13. The molecular formula is C13H18ClNO2. The van der Waals surface area contributed by atoms with E-state index in [0.29, 0.717) is 18.7 Å². The van der Waals surface area contributed by atoms with Gasteiger partial charge in [0.2, 0.25) is 6.79 Å². The predicted octanol–water partition coefficient (Wildman–Crippen LogP) is 2.96. The number of rotatable bonds is 4. The van der Waals surface area contributed by atoms with Crippen LogP contribution < -0.4 is 9.47 Å². The standard InChI is InChI=1S/C13H18ClNO2/c1-9-6-12-13(17-8-16-12)7-10(9)11(4-5-14)15(2)3/h6-7,11H,4-5,8H2,1-3H3. The van der Waals surface area contributed by atoms with Crippen molar-refractivity contribution in [2.45, 2.75) is 19.4 Å². The quantitative estimate of drug-likeness (QED) is 0.772. The maximum atomic E-state index is 5.88. The van der Waals surface area contributed by atoms with Crippen LogP contribution in [-0.4, -0.2) is 31.7 Å². The fraction of sp³-hybridized carbons (Fsp3) is 0.538. The third kappa shape index (κ3) is 2.50. The van der Waals surface area contributed by atoms with Crippen LogP contribution in [-0.2, 0) is 0 Å². The Balaban J connectivity index is 2.36. The van der Waals surface area contributed by atoms with E-state index >= 15 is 0 Å². The zero-order valence-electron chi connectivity index (χ0n) is 10.5. The Labute approximate surface area is 107 Å². The second-order valence-electron chi connectivity index (χ2n) is 4.52. The van der Waals surface area contributed by atoms with Gasteiger partial charge in [0, 0.05) is 11.9 Å². The van der Waals surface area contributed by atoms with Gasteiger partial charge in [-0.15, -0.1) is 11.6 Å². The molecule has 0 N–H and O–H groups in total. The topological polar surface area (TPSA) is 21.7 Å². The SMILES string of the molecule is Cc1cc2c(cc1C(CCCl)N(C)C)OCO2. The number of nitrogens with zero attached hydrogens (tertiary/aromatic N) is 1. The summed E-state index contributed by atoms with van der Waals surface area (Å²) in [5, 5.41) is 0. The number of alkyl halides is 1. The minimum absolute atomic E-state index is 0.320. The van der Waals surface area contributed by atoms with Crippen molar-refractivity contribution in [3.05, 3.63) is 23.3 Å². The number of benzene rings is 1. The van der Waals surface area contributed by atoms with Crippen molar-refractivity contribution >= 4 is 11.6 Å². The summed E-state index contributed by atoms with van der Waals surface area (Å²) < 4.78 is 10.8. The van der Waals surface area contributed by atoms with Crippen molar-refractivity contribution < 1.29 is 9.47 Å². The van der Waals surface area contributed by atoms with E-state index in [1.54, 1.807) is 0 Å².